The highest BCUT2D eigenvalue weighted by Crippen LogP contribution is 2.47. The number of piperazine rings is 1. The molecule has 0 saturated carbocycles. The van der Waals surface area contributed by atoms with E-state index in [0.717, 1.165) is 11.2 Å². The Morgan fingerprint density at radius 3 is 2.52 bits per heavy atom. The summed E-state index contributed by atoms with van der Waals surface area (Å²) in [6.45, 7) is 8.14. The number of pyridine rings is 1. The van der Waals surface area contributed by atoms with Crippen LogP contribution in [0.25, 0.3) is 10.9 Å². The van der Waals surface area contributed by atoms with E-state index in [1.54, 1.807) is 19.9 Å². The molecule has 2 aliphatic rings. The van der Waals surface area contributed by atoms with Crippen molar-refractivity contribution in [2.75, 3.05) is 37.7 Å². The van der Waals surface area contributed by atoms with Crippen molar-refractivity contribution in [2.24, 2.45) is 0 Å². The summed E-state index contributed by atoms with van der Waals surface area (Å²) in [6, 6.07) is 3.58. The number of fused-ring (bicyclic) bond motifs is 3. The van der Waals surface area contributed by atoms with Crippen LogP contribution in [0.2, 0.25) is 5.02 Å². The SMILES string of the molecule is CCOC(=O)c1c2n(c3cc(N4CCN(C(C)=O)CC4)c(Cl)cc3c1=O)C(C)S2. The Hall–Kier alpha value is -2.19. The molecule has 29 heavy (non-hydrogen) atoms. The van der Waals surface area contributed by atoms with E-state index in [-0.39, 0.29) is 28.9 Å². The number of carbonyl (C=O) groups is 2. The molecule has 1 amide bonds. The van der Waals surface area contributed by atoms with Crippen LogP contribution >= 0.6 is 23.4 Å². The summed E-state index contributed by atoms with van der Waals surface area (Å²) in [5.41, 5.74) is 1.34. The first-order chi connectivity index (χ1) is 13.8. The quantitative estimate of drug-likeness (QED) is 0.690. The Morgan fingerprint density at radius 1 is 1.24 bits per heavy atom. The minimum absolute atomic E-state index is 0.0690. The molecule has 0 bridgehead atoms. The van der Waals surface area contributed by atoms with Crippen LogP contribution in [-0.4, -0.2) is 54.1 Å². The Morgan fingerprint density at radius 2 is 1.93 bits per heavy atom. The fourth-order valence-electron chi connectivity index (χ4n) is 3.92. The van der Waals surface area contributed by atoms with Gasteiger partial charge >= 0.3 is 5.97 Å². The van der Waals surface area contributed by atoms with Gasteiger partial charge in [0.2, 0.25) is 11.3 Å². The summed E-state index contributed by atoms with van der Waals surface area (Å²) in [7, 11) is 0. The number of thioether (sulfide) groups is 1. The average molecular weight is 436 g/mol. The van der Waals surface area contributed by atoms with Gasteiger partial charge in [0.15, 0.2) is 0 Å². The monoisotopic (exact) mass is 435 g/mol. The molecule has 1 atom stereocenters. The first kappa shape index (κ1) is 20.1. The van der Waals surface area contributed by atoms with Crippen molar-refractivity contribution >= 4 is 51.8 Å². The highest BCUT2D eigenvalue weighted by Gasteiger charge is 2.34. The lowest BCUT2D eigenvalue weighted by molar-refractivity contribution is -0.129. The number of carbonyl (C=O) groups excluding carboxylic acids is 2. The summed E-state index contributed by atoms with van der Waals surface area (Å²) < 4.78 is 7.10. The van der Waals surface area contributed by atoms with Gasteiger partial charge in [-0.1, -0.05) is 23.4 Å². The van der Waals surface area contributed by atoms with Gasteiger partial charge in [-0.15, -0.1) is 0 Å². The number of aromatic nitrogens is 1. The smallest absolute Gasteiger partial charge is 0.344 e. The number of nitrogens with zero attached hydrogens (tertiary/aromatic N) is 3. The van der Waals surface area contributed by atoms with E-state index >= 15 is 0 Å². The number of rotatable bonds is 3. The largest absolute Gasteiger partial charge is 0.462 e. The van der Waals surface area contributed by atoms with Crippen molar-refractivity contribution in [3.8, 4) is 0 Å². The first-order valence-electron chi connectivity index (χ1n) is 9.59. The van der Waals surface area contributed by atoms with E-state index in [1.807, 2.05) is 22.5 Å². The Bertz CT molecular complexity index is 1080. The van der Waals surface area contributed by atoms with Gasteiger partial charge in [0, 0.05) is 38.5 Å². The molecule has 4 rings (SSSR count). The fraction of sp³-hybridized carbons (Fsp3) is 0.450. The molecule has 1 aromatic heterocycles. The average Bonchev–Trinajstić information content (AvgIpc) is 2.68. The number of ether oxygens (including phenoxy) is 1. The van der Waals surface area contributed by atoms with Crippen molar-refractivity contribution in [3.63, 3.8) is 0 Å². The van der Waals surface area contributed by atoms with Crippen LogP contribution in [0.4, 0.5) is 5.69 Å². The highest BCUT2D eigenvalue weighted by molar-refractivity contribution is 8.00. The van der Waals surface area contributed by atoms with Crippen LogP contribution in [0.5, 0.6) is 0 Å². The lowest BCUT2D eigenvalue weighted by atomic mass is 10.1. The molecule has 154 valence electrons. The molecule has 0 radical (unpaired) electrons. The van der Waals surface area contributed by atoms with E-state index in [4.69, 9.17) is 16.3 Å². The maximum absolute atomic E-state index is 13.1. The third-order valence-electron chi connectivity index (χ3n) is 5.42. The zero-order chi connectivity index (χ0) is 20.9. The van der Waals surface area contributed by atoms with Crippen LogP contribution in [0.3, 0.4) is 0 Å². The summed E-state index contributed by atoms with van der Waals surface area (Å²) in [5.74, 6) is -0.525. The van der Waals surface area contributed by atoms with E-state index < -0.39 is 5.97 Å². The predicted molar refractivity (Wildman–Crippen MR) is 114 cm³/mol. The normalized spacial score (nSPS) is 18.4. The molecule has 2 aromatic rings. The minimum atomic E-state index is -0.594. The summed E-state index contributed by atoms with van der Waals surface area (Å²) >= 11 is 8.04. The second-order valence-corrected chi connectivity index (χ2v) is 8.84. The van der Waals surface area contributed by atoms with Crippen LogP contribution in [0.1, 0.15) is 36.5 Å². The molecule has 1 aromatic carbocycles. The molecule has 1 saturated heterocycles. The van der Waals surface area contributed by atoms with Crippen molar-refractivity contribution in [1.82, 2.24) is 9.47 Å². The van der Waals surface area contributed by atoms with Gasteiger partial charge in [-0.05, 0) is 26.0 Å². The number of benzene rings is 1. The molecule has 0 spiro atoms. The third-order valence-corrected chi connectivity index (χ3v) is 6.90. The molecule has 3 heterocycles. The van der Waals surface area contributed by atoms with Gasteiger partial charge in [-0.2, -0.15) is 0 Å². The number of halogens is 1. The Balaban J connectivity index is 1.81. The highest BCUT2D eigenvalue weighted by atomic mass is 35.5. The van der Waals surface area contributed by atoms with Gasteiger partial charge < -0.3 is 19.1 Å². The fourth-order valence-corrected chi connectivity index (χ4v) is 5.36. The van der Waals surface area contributed by atoms with E-state index in [1.165, 1.54) is 11.8 Å². The molecule has 2 aliphatic heterocycles. The van der Waals surface area contributed by atoms with Crippen LogP contribution in [-0.2, 0) is 9.53 Å². The zero-order valence-electron chi connectivity index (χ0n) is 16.5. The molecular weight excluding hydrogens is 414 g/mol. The molecule has 7 nitrogen and oxygen atoms in total. The van der Waals surface area contributed by atoms with Crippen LogP contribution < -0.4 is 10.3 Å². The Labute approximate surface area is 177 Å². The number of amides is 1. The zero-order valence-corrected chi connectivity index (χ0v) is 18.1. The standard InChI is InChI=1S/C20H22ClN3O4S/c1-4-28-20(27)17-18(26)13-9-14(21)16(10-15(13)24-12(3)29-19(17)24)23-7-5-22(6-8-23)11(2)25/h9-10,12H,4-8H2,1-3H3. The number of hydrogen-bond donors (Lipinski definition) is 0. The molecule has 9 heteroatoms. The van der Waals surface area contributed by atoms with Gasteiger partial charge in [0.1, 0.15) is 5.56 Å². The van der Waals surface area contributed by atoms with Crippen molar-refractivity contribution < 1.29 is 14.3 Å². The second-order valence-electron chi connectivity index (χ2n) is 7.13. The number of anilines is 1. The molecule has 1 unspecified atom stereocenters. The molecule has 0 aliphatic carbocycles. The first-order valence-corrected chi connectivity index (χ1v) is 10.8. The lowest BCUT2D eigenvalue weighted by Gasteiger charge is -2.37. The third kappa shape index (κ3) is 3.28. The molecule has 1 fully saturated rings. The maximum atomic E-state index is 13.1. The molecular formula is C20H22ClN3O4S. The van der Waals surface area contributed by atoms with Gasteiger partial charge in [0.05, 0.1) is 33.2 Å². The van der Waals surface area contributed by atoms with Gasteiger partial charge in [-0.25, -0.2) is 4.79 Å². The maximum Gasteiger partial charge on any atom is 0.344 e. The molecule has 0 N–H and O–H groups in total. The summed E-state index contributed by atoms with van der Waals surface area (Å²) in [4.78, 5) is 41.0. The summed E-state index contributed by atoms with van der Waals surface area (Å²) in [5, 5.41) is 1.62. The minimum Gasteiger partial charge on any atom is -0.462 e. The van der Waals surface area contributed by atoms with E-state index in [2.05, 4.69) is 4.90 Å². The van der Waals surface area contributed by atoms with E-state index in [0.29, 0.717) is 41.6 Å². The number of hydrogen-bond acceptors (Lipinski definition) is 6. The van der Waals surface area contributed by atoms with Crippen molar-refractivity contribution in [3.05, 3.63) is 32.9 Å². The summed E-state index contributed by atoms with van der Waals surface area (Å²) in [6.07, 6.45) is 0. The van der Waals surface area contributed by atoms with Crippen LogP contribution in [0, 0.1) is 0 Å². The van der Waals surface area contributed by atoms with Crippen LogP contribution in [0.15, 0.2) is 22.0 Å². The predicted octanol–water partition coefficient (Wildman–Crippen LogP) is 3.12. The topological polar surface area (TPSA) is 71.8 Å². The van der Waals surface area contributed by atoms with Gasteiger partial charge in [-0.3, -0.25) is 9.59 Å². The van der Waals surface area contributed by atoms with Crippen molar-refractivity contribution in [2.45, 2.75) is 31.2 Å². The lowest BCUT2D eigenvalue weighted by Crippen LogP contribution is -2.48. The second kappa shape index (κ2) is 7.57. The van der Waals surface area contributed by atoms with Crippen molar-refractivity contribution in [1.29, 1.82) is 0 Å². The number of esters is 1. The van der Waals surface area contributed by atoms with Gasteiger partial charge in [0.25, 0.3) is 0 Å². The Kier molecular flexibility index (Phi) is 5.25. The van der Waals surface area contributed by atoms with E-state index in [9.17, 15) is 14.4 Å².